The van der Waals surface area contributed by atoms with Gasteiger partial charge in [-0.25, -0.2) is 0 Å². The average molecular weight is 178 g/mol. The van der Waals surface area contributed by atoms with Crippen molar-refractivity contribution in [2.45, 2.75) is 19.8 Å². The van der Waals surface area contributed by atoms with E-state index in [-0.39, 0.29) is 11.5 Å². The Labute approximate surface area is 78.2 Å². The molecule has 0 aliphatic heterocycles. The molecule has 0 spiro atoms. The molecule has 2 N–H and O–H groups in total. The molecule has 0 radical (unpaired) electrons. The third-order valence-corrected chi connectivity index (χ3v) is 1.94. The summed E-state index contributed by atoms with van der Waals surface area (Å²) in [4.78, 5) is 0. The Morgan fingerprint density at radius 3 is 2.54 bits per heavy atom. The molecule has 0 atom stereocenters. The Kier molecular flexibility index (Phi) is 2.96. The molecule has 0 aromatic heterocycles. The fourth-order valence-corrected chi connectivity index (χ4v) is 1.19. The van der Waals surface area contributed by atoms with Crippen molar-refractivity contribution in [3.8, 4) is 11.5 Å². The van der Waals surface area contributed by atoms with E-state index < -0.39 is 0 Å². The van der Waals surface area contributed by atoms with Crippen molar-refractivity contribution in [1.82, 2.24) is 0 Å². The largest absolute Gasteiger partial charge is 0.504 e. The Morgan fingerprint density at radius 1 is 1.31 bits per heavy atom. The smallest absolute Gasteiger partial charge is 0.157 e. The first-order chi connectivity index (χ1) is 6.15. The van der Waals surface area contributed by atoms with Gasteiger partial charge in [-0.2, -0.15) is 0 Å². The van der Waals surface area contributed by atoms with Gasteiger partial charge in [0.05, 0.1) is 0 Å². The summed E-state index contributed by atoms with van der Waals surface area (Å²) in [6.07, 6.45) is 1.94. The standard InChI is InChI=1S/C11H14O2/c1-3-4-8(2)9-5-6-10(12)11(13)7-9/h5-7,12-13H,2-4H2,1H3. The molecular weight excluding hydrogens is 164 g/mol. The molecule has 0 unspecified atom stereocenters. The Morgan fingerprint density at radius 2 is 2.00 bits per heavy atom. The van der Waals surface area contributed by atoms with Gasteiger partial charge in [0.1, 0.15) is 0 Å². The van der Waals surface area contributed by atoms with Crippen molar-refractivity contribution in [3.63, 3.8) is 0 Å². The molecule has 13 heavy (non-hydrogen) atoms. The van der Waals surface area contributed by atoms with Gasteiger partial charge in [-0.3, -0.25) is 0 Å². The van der Waals surface area contributed by atoms with Crippen molar-refractivity contribution >= 4 is 5.57 Å². The summed E-state index contributed by atoms with van der Waals surface area (Å²) < 4.78 is 0. The van der Waals surface area contributed by atoms with Crippen molar-refractivity contribution in [2.75, 3.05) is 0 Å². The van der Waals surface area contributed by atoms with Crippen molar-refractivity contribution < 1.29 is 10.2 Å². The fraction of sp³-hybridized carbons (Fsp3) is 0.273. The zero-order chi connectivity index (χ0) is 9.84. The summed E-state index contributed by atoms with van der Waals surface area (Å²) in [6.45, 7) is 5.97. The highest BCUT2D eigenvalue weighted by Crippen LogP contribution is 2.28. The monoisotopic (exact) mass is 178 g/mol. The maximum Gasteiger partial charge on any atom is 0.157 e. The number of hydrogen-bond acceptors (Lipinski definition) is 2. The minimum absolute atomic E-state index is 0.0882. The first-order valence-electron chi connectivity index (χ1n) is 4.35. The second-order valence-corrected chi connectivity index (χ2v) is 3.06. The van der Waals surface area contributed by atoms with Crippen LogP contribution in [0.5, 0.6) is 11.5 Å². The summed E-state index contributed by atoms with van der Waals surface area (Å²) in [6, 6.07) is 4.77. The second-order valence-electron chi connectivity index (χ2n) is 3.06. The van der Waals surface area contributed by atoms with E-state index in [9.17, 15) is 5.11 Å². The van der Waals surface area contributed by atoms with Gasteiger partial charge in [-0.05, 0) is 29.7 Å². The molecule has 0 bridgehead atoms. The van der Waals surface area contributed by atoms with E-state index in [1.165, 1.54) is 12.1 Å². The van der Waals surface area contributed by atoms with Crippen LogP contribution in [0.1, 0.15) is 25.3 Å². The molecule has 0 saturated carbocycles. The zero-order valence-corrected chi connectivity index (χ0v) is 7.75. The molecular formula is C11H14O2. The molecule has 2 heteroatoms. The molecule has 2 nitrogen and oxygen atoms in total. The Balaban J connectivity index is 2.90. The van der Waals surface area contributed by atoms with Crippen LogP contribution in [0.15, 0.2) is 24.8 Å². The lowest BCUT2D eigenvalue weighted by atomic mass is 10.0. The van der Waals surface area contributed by atoms with E-state index in [1.807, 2.05) is 0 Å². The third-order valence-electron chi connectivity index (χ3n) is 1.94. The Hall–Kier alpha value is -1.44. The predicted octanol–water partition coefficient (Wildman–Crippen LogP) is 2.91. The van der Waals surface area contributed by atoms with E-state index in [4.69, 9.17) is 5.11 Å². The number of phenolic OH excluding ortho intramolecular Hbond substituents is 2. The van der Waals surface area contributed by atoms with Crippen LogP contribution in [0.4, 0.5) is 0 Å². The van der Waals surface area contributed by atoms with Crippen LogP contribution >= 0.6 is 0 Å². The summed E-state index contributed by atoms with van der Waals surface area (Å²) in [5, 5.41) is 18.3. The van der Waals surface area contributed by atoms with Crippen LogP contribution < -0.4 is 0 Å². The number of hydrogen-bond donors (Lipinski definition) is 2. The van der Waals surface area contributed by atoms with E-state index in [0.29, 0.717) is 0 Å². The minimum atomic E-state index is -0.0898. The summed E-state index contributed by atoms with van der Waals surface area (Å²) >= 11 is 0. The molecule has 1 aromatic carbocycles. The van der Waals surface area contributed by atoms with Crippen LogP contribution in [0.3, 0.4) is 0 Å². The summed E-state index contributed by atoms with van der Waals surface area (Å²) in [7, 11) is 0. The van der Waals surface area contributed by atoms with Crippen LogP contribution in [0, 0.1) is 0 Å². The number of rotatable bonds is 3. The molecule has 0 heterocycles. The third kappa shape index (κ3) is 2.25. The van der Waals surface area contributed by atoms with Gasteiger partial charge in [0, 0.05) is 0 Å². The van der Waals surface area contributed by atoms with E-state index >= 15 is 0 Å². The van der Waals surface area contributed by atoms with Crippen LogP contribution in [-0.2, 0) is 0 Å². The highest BCUT2D eigenvalue weighted by atomic mass is 16.3. The number of aromatic hydroxyl groups is 2. The van der Waals surface area contributed by atoms with Gasteiger partial charge < -0.3 is 10.2 Å². The van der Waals surface area contributed by atoms with Gasteiger partial charge in [0.15, 0.2) is 11.5 Å². The van der Waals surface area contributed by atoms with E-state index in [0.717, 1.165) is 24.0 Å². The molecule has 0 fully saturated rings. The van der Waals surface area contributed by atoms with Crippen LogP contribution in [0.2, 0.25) is 0 Å². The van der Waals surface area contributed by atoms with E-state index in [2.05, 4.69) is 13.5 Å². The average Bonchev–Trinajstić information content (AvgIpc) is 2.10. The van der Waals surface area contributed by atoms with Crippen LogP contribution in [0.25, 0.3) is 5.57 Å². The van der Waals surface area contributed by atoms with Gasteiger partial charge in [-0.15, -0.1) is 0 Å². The number of benzene rings is 1. The molecule has 1 rings (SSSR count). The van der Waals surface area contributed by atoms with Crippen molar-refractivity contribution in [2.24, 2.45) is 0 Å². The lowest BCUT2D eigenvalue weighted by Gasteiger charge is -2.05. The van der Waals surface area contributed by atoms with Gasteiger partial charge in [-0.1, -0.05) is 26.0 Å². The normalized spacial score (nSPS) is 9.92. The molecule has 1 aromatic rings. The first-order valence-corrected chi connectivity index (χ1v) is 4.35. The first kappa shape index (κ1) is 9.65. The Bertz CT molecular complexity index is 316. The predicted molar refractivity (Wildman–Crippen MR) is 53.7 cm³/mol. The highest BCUT2D eigenvalue weighted by Gasteiger charge is 2.02. The second kappa shape index (κ2) is 3.99. The molecule has 0 aliphatic rings. The molecule has 0 amide bonds. The highest BCUT2D eigenvalue weighted by molar-refractivity contribution is 5.65. The number of allylic oxidation sites excluding steroid dienone is 1. The maximum atomic E-state index is 9.23. The zero-order valence-electron chi connectivity index (χ0n) is 7.75. The van der Waals surface area contributed by atoms with Crippen molar-refractivity contribution in [1.29, 1.82) is 0 Å². The van der Waals surface area contributed by atoms with Gasteiger partial charge in [0.2, 0.25) is 0 Å². The lowest BCUT2D eigenvalue weighted by Crippen LogP contribution is -1.82. The SMILES string of the molecule is C=C(CCC)c1ccc(O)c(O)c1. The fourth-order valence-electron chi connectivity index (χ4n) is 1.19. The minimum Gasteiger partial charge on any atom is -0.504 e. The summed E-state index contributed by atoms with van der Waals surface area (Å²) in [5.74, 6) is -0.178. The molecule has 70 valence electrons. The lowest BCUT2D eigenvalue weighted by molar-refractivity contribution is 0.403. The summed E-state index contributed by atoms with van der Waals surface area (Å²) in [5.41, 5.74) is 1.87. The molecule has 0 saturated heterocycles. The molecule has 0 aliphatic carbocycles. The van der Waals surface area contributed by atoms with Gasteiger partial charge >= 0.3 is 0 Å². The van der Waals surface area contributed by atoms with Crippen molar-refractivity contribution in [3.05, 3.63) is 30.3 Å². The quantitative estimate of drug-likeness (QED) is 0.698. The maximum absolute atomic E-state index is 9.23. The van der Waals surface area contributed by atoms with Crippen LogP contribution in [-0.4, -0.2) is 10.2 Å². The topological polar surface area (TPSA) is 40.5 Å². The van der Waals surface area contributed by atoms with Gasteiger partial charge in [0.25, 0.3) is 0 Å². The van der Waals surface area contributed by atoms with E-state index in [1.54, 1.807) is 6.07 Å². The number of phenols is 2.